The molecule has 0 spiro atoms. The van der Waals surface area contributed by atoms with E-state index in [1.807, 2.05) is 0 Å². The maximum atomic E-state index is 12.6. The Hall–Kier alpha value is -3.38. The van der Waals surface area contributed by atoms with Gasteiger partial charge in [0.1, 0.15) is 31.1 Å². The van der Waals surface area contributed by atoms with E-state index in [0.717, 1.165) is 0 Å². The maximum Gasteiger partial charge on any atom is 0.345 e. The van der Waals surface area contributed by atoms with Crippen LogP contribution in [-0.2, 0) is 21.9 Å². The van der Waals surface area contributed by atoms with E-state index >= 15 is 0 Å². The van der Waals surface area contributed by atoms with Crippen LogP contribution in [0.4, 0.5) is 4.39 Å². The van der Waals surface area contributed by atoms with Crippen molar-refractivity contribution in [2.24, 2.45) is 0 Å². The summed E-state index contributed by atoms with van der Waals surface area (Å²) in [5.41, 5.74) is -6.83. The van der Waals surface area contributed by atoms with E-state index in [1.165, 1.54) is 25.3 Å². The number of methoxy groups -OCH3 is 1. The summed E-state index contributed by atoms with van der Waals surface area (Å²) < 4.78 is 27.1. The van der Waals surface area contributed by atoms with Gasteiger partial charge < -0.3 is 45.0 Å². The first-order valence-corrected chi connectivity index (χ1v) is 10.3. The molecule has 1 aliphatic heterocycles. The molecular weight excluding hydrogens is 493 g/mol. The van der Waals surface area contributed by atoms with Gasteiger partial charge in [0.05, 0.1) is 20.3 Å². The zero-order valence-corrected chi connectivity index (χ0v) is 18.7. The molecule has 198 valence electrons. The number of esters is 1. The number of aromatic amines is 1. The predicted octanol–water partition coefficient (Wildman–Crippen LogP) is -2.69. The molecule has 3 rings (SSSR count). The van der Waals surface area contributed by atoms with Gasteiger partial charge in [-0.05, 0) is 17.7 Å². The molecule has 0 amide bonds. The Morgan fingerprint density at radius 3 is 2.64 bits per heavy atom. The Morgan fingerprint density at radius 1 is 1.33 bits per heavy atom. The number of hydrogen-bond acceptors (Lipinski definition) is 13. The second-order valence-electron chi connectivity index (χ2n) is 7.68. The number of carbonyl (C=O) groups is 1. The molecule has 1 aromatic carbocycles. The smallest absolute Gasteiger partial charge is 0.345 e. The van der Waals surface area contributed by atoms with Crippen LogP contribution in [0.1, 0.15) is 15.9 Å². The number of aromatic hydroxyl groups is 1. The highest BCUT2D eigenvalue weighted by Crippen LogP contribution is 2.43. The highest BCUT2D eigenvalue weighted by Gasteiger charge is 2.70. The summed E-state index contributed by atoms with van der Waals surface area (Å²) in [5.74, 6) is -5.10. The number of aliphatic hydroxyl groups excluding tert-OH is 2. The molecule has 0 saturated carbocycles. The topological polar surface area (TPSA) is 224 Å². The van der Waals surface area contributed by atoms with Gasteiger partial charge in [0, 0.05) is 6.20 Å². The normalized spacial score (nSPS) is 25.8. The summed E-state index contributed by atoms with van der Waals surface area (Å²) >= 11 is 0. The van der Waals surface area contributed by atoms with Crippen molar-refractivity contribution < 1.29 is 54.1 Å². The van der Waals surface area contributed by atoms with Crippen LogP contribution in [0.25, 0.3) is 0 Å². The van der Waals surface area contributed by atoms with E-state index < -0.39 is 73.1 Å². The minimum atomic E-state index is -3.42. The molecule has 16 heteroatoms. The largest absolute Gasteiger partial charge is 0.504 e. The lowest BCUT2D eigenvalue weighted by atomic mass is 10.00. The fourth-order valence-electron chi connectivity index (χ4n) is 3.67. The van der Waals surface area contributed by atoms with E-state index in [9.17, 15) is 49.5 Å². The van der Waals surface area contributed by atoms with Gasteiger partial charge in [0.2, 0.25) is 5.72 Å². The second-order valence-corrected chi connectivity index (χ2v) is 7.68. The number of nitrogens with zero attached hydrogens (tertiary/aromatic N) is 2. The average Bonchev–Trinajstić information content (AvgIpc) is 3.05. The van der Waals surface area contributed by atoms with Crippen LogP contribution < -0.4 is 16.0 Å². The Balaban J connectivity index is 2.12. The summed E-state index contributed by atoms with van der Waals surface area (Å²) in [6.07, 6.45) is -3.65. The van der Waals surface area contributed by atoms with Gasteiger partial charge >= 0.3 is 17.6 Å². The standard InChI is InChI=1S/C20H24FN3O12/c1-34-13-6-10(2-3-12(13)26)7-24(33)19(31)15(27)14(9-25)36-20(19,32)23-8-11(16(28)22-18(23)30)17(29)35-5-4-21/h2-3,6,8,14-15,25-27,31-33H,4-5,7,9H2,1H3,(H,22,28,30)/t14-,15-,19-,20+/m1/s1. The quantitative estimate of drug-likeness (QED) is 0.102. The Morgan fingerprint density at radius 2 is 2.03 bits per heavy atom. The zero-order valence-electron chi connectivity index (χ0n) is 18.7. The predicted molar refractivity (Wildman–Crippen MR) is 113 cm³/mol. The third-order valence-electron chi connectivity index (χ3n) is 5.51. The molecule has 1 aromatic heterocycles. The van der Waals surface area contributed by atoms with Crippen molar-refractivity contribution in [3.8, 4) is 11.5 Å². The number of phenols is 1. The number of hydrogen-bond donors (Lipinski definition) is 7. The first-order valence-electron chi connectivity index (χ1n) is 10.3. The third-order valence-corrected chi connectivity index (χ3v) is 5.51. The van der Waals surface area contributed by atoms with Crippen LogP contribution in [-0.4, -0.2) is 96.3 Å². The molecule has 36 heavy (non-hydrogen) atoms. The number of aromatic nitrogens is 2. The lowest BCUT2D eigenvalue weighted by Crippen LogP contribution is -2.68. The molecule has 1 saturated heterocycles. The fourth-order valence-corrected chi connectivity index (χ4v) is 3.67. The van der Waals surface area contributed by atoms with Gasteiger partial charge in [-0.3, -0.25) is 9.78 Å². The number of H-pyrrole nitrogens is 1. The Kier molecular flexibility index (Phi) is 7.79. The van der Waals surface area contributed by atoms with Crippen molar-refractivity contribution in [1.82, 2.24) is 14.6 Å². The van der Waals surface area contributed by atoms with Crippen molar-refractivity contribution in [2.75, 3.05) is 27.0 Å². The molecule has 0 unspecified atom stereocenters. The molecule has 7 N–H and O–H groups in total. The van der Waals surface area contributed by atoms with Crippen LogP contribution in [0.5, 0.6) is 11.5 Å². The maximum absolute atomic E-state index is 12.6. The number of nitrogens with one attached hydrogen (secondary N) is 1. The molecule has 15 nitrogen and oxygen atoms in total. The Labute approximate surface area is 200 Å². The number of ether oxygens (including phenoxy) is 3. The molecule has 2 aromatic rings. The SMILES string of the molecule is COc1cc(CN(O)[C@@]2(O)[C@H](O)[C@@H](CO)O[C@]2(O)n2cc(C(=O)OCCF)c(=O)[nH]c2=O)ccc1O. The zero-order chi connectivity index (χ0) is 26.8. The molecule has 0 bridgehead atoms. The Bertz CT molecular complexity index is 1240. The summed E-state index contributed by atoms with van der Waals surface area (Å²) in [6.45, 7) is -3.51. The average molecular weight is 517 g/mol. The molecular formula is C20H24FN3O12. The van der Waals surface area contributed by atoms with Gasteiger partial charge in [-0.2, -0.15) is 0 Å². The second kappa shape index (κ2) is 10.3. The summed E-state index contributed by atoms with van der Waals surface area (Å²) in [6, 6.07) is 3.73. The van der Waals surface area contributed by atoms with Gasteiger partial charge in [-0.1, -0.05) is 6.07 Å². The number of alkyl halides is 1. The number of hydroxylamine groups is 2. The van der Waals surface area contributed by atoms with Crippen molar-refractivity contribution in [3.05, 3.63) is 56.4 Å². The molecule has 4 atom stereocenters. The van der Waals surface area contributed by atoms with Gasteiger partial charge in [-0.15, -0.1) is 5.06 Å². The van der Waals surface area contributed by atoms with E-state index in [1.54, 1.807) is 4.98 Å². The molecule has 0 radical (unpaired) electrons. The van der Waals surface area contributed by atoms with E-state index in [4.69, 9.17) is 9.47 Å². The number of halogens is 1. The minimum Gasteiger partial charge on any atom is -0.504 e. The number of aliphatic hydroxyl groups is 4. The molecule has 0 aliphatic carbocycles. The highest BCUT2D eigenvalue weighted by molar-refractivity contribution is 5.88. The first-order chi connectivity index (χ1) is 16.9. The first kappa shape index (κ1) is 27.2. The van der Waals surface area contributed by atoms with Crippen molar-refractivity contribution in [2.45, 2.75) is 30.4 Å². The van der Waals surface area contributed by atoms with Crippen molar-refractivity contribution in [3.63, 3.8) is 0 Å². The summed E-state index contributed by atoms with van der Waals surface area (Å²) in [4.78, 5) is 38.5. The van der Waals surface area contributed by atoms with Crippen LogP contribution >= 0.6 is 0 Å². The van der Waals surface area contributed by atoms with Crippen molar-refractivity contribution >= 4 is 5.97 Å². The lowest BCUT2D eigenvalue weighted by Gasteiger charge is -2.42. The van der Waals surface area contributed by atoms with Gasteiger partial charge in [0.15, 0.2) is 11.5 Å². The number of benzene rings is 1. The number of carbonyl (C=O) groups excluding carboxylic acids is 1. The van der Waals surface area contributed by atoms with Crippen LogP contribution in [0, 0.1) is 0 Å². The van der Waals surface area contributed by atoms with E-state index in [2.05, 4.69) is 4.74 Å². The van der Waals surface area contributed by atoms with Gasteiger partial charge in [-0.25, -0.2) is 18.5 Å². The van der Waals surface area contributed by atoms with E-state index in [0.29, 0.717) is 6.20 Å². The molecule has 1 aliphatic rings. The monoisotopic (exact) mass is 517 g/mol. The minimum absolute atomic E-state index is 0.0161. The highest BCUT2D eigenvalue weighted by atomic mass is 19.1. The van der Waals surface area contributed by atoms with Crippen molar-refractivity contribution in [1.29, 1.82) is 0 Å². The lowest BCUT2D eigenvalue weighted by molar-refractivity contribution is -0.413. The van der Waals surface area contributed by atoms with E-state index in [-0.39, 0.29) is 26.7 Å². The fraction of sp³-hybridized carbons (Fsp3) is 0.450. The number of rotatable bonds is 9. The summed E-state index contributed by atoms with van der Waals surface area (Å²) in [7, 11) is 1.25. The van der Waals surface area contributed by atoms with Crippen LogP contribution in [0.3, 0.4) is 0 Å². The number of phenolic OH excluding ortho intramolecular Hbond substituents is 1. The molecule has 2 heterocycles. The van der Waals surface area contributed by atoms with Gasteiger partial charge in [0.25, 0.3) is 5.56 Å². The molecule has 1 fully saturated rings. The third kappa shape index (κ3) is 4.46. The van der Waals surface area contributed by atoms with Crippen LogP contribution in [0.2, 0.25) is 0 Å². The summed E-state index contributed by atoms with van der Waals surface area (Å²) in [5, 5.41) is 63.4. The van der Waals surface area contributed by atoms with Crippen LogP contribution in [0.15, 0.2) is 34.0 Å².